The van der Waals surface area contributed by atoms with E-state index < -0.39 is 42.6 Å². The lowest BCUT2D eigenvalue weighted by Gasteiger charge is -2.16. The molecule has 0 fully saturated rings. The predicted molar refractivity (Wildman–Crippen MR) is 93.2 cm³/mol. The molecule has 2 amide bonds. The van der Waals surface area contributed by atoms with E-state index in [-0.39, 0.29) is 0 Å². The standard InChI is InChI=1S/C19H18N2O5/c20-17(23)11-15(21-18(24)14-9-5-2-6-10-14)19(25)26-12-16(22)13-7-3-1-4-8-13/h1-10,15H,11-12H2,(H2,20,23)(H,21,24). The lowest BCUT2D eigenvalue weighted by Crippen LogP contribution is -2.44. The van der Waals surface area contributed by atoms with Crippen LogP contribution in [0.1, 0.15) is 27.1 Å². The second-order valence-corrected chi connectivity index (χ2v) is 5.46. The Kier molecular flexibility index (Phi) is 6.61. The number of primary amides is 1. The molecule has 0 saturated heterocycles. The fourth-order valence-electron chi connectivity index (χ4n) is 2.17. The Morgan fingerprint density at radius 3 is 1.96 bits per heavy atom. The zero-order chi connectivity index (χ0) is 18.9. The van der Waals surface area contributed by atoms with Crippen molar-refractivity contribution in [3.05, 3.63) is 71.8 Å². The second-order valence-electron chi connectivity index (χ2n) is 5.46. The van der Waals surface area contributed by atoms with Crippen molar-refractivity contribution in [3.8, 4) is 0 Å². The molecule has 26 heavy (non-hydrogen) atoms. The van der Waals surface area contributed by atoms with Gasteiger partial charge in [0.2, 0.25) is 5.91 Å². The summed E-state index contributed by atoms with van der Waals surface area (Å²) in [5.74, 6) is -2.64. The number of carbonyl (C=O) groups excluding carboxylic acids is 4. The molecule has 7 nitrogen and oxygen atoms in total. The minimum Gasteiger partial charge on any atom is -0.456 e. The number of hydrogen-bond donors (Lipinski definition) is 2. The van der Waals surface area contributed by atoms with Gasteiger partial charge in [-0.15, -0.1) is 0 Å². The third-order valence-electron chi connectivity index (χ3n) is 3.47. The van der Waals surface area contributed by atoms with Gasteiger partial charge in [0, 0.05) is 11.1 Å². The third kappa shape index (κ3) is 5.55. The molecule has 0 saturated carbocycles. The van der Waals surface area contributed by atoms with Gasteiger partial charge in [-0.3, -0.25) is 14.4 Å². The Morgan fingerprint density at radius 2 is 1.42 bits per heavy atom. The largest absolute Gasteiger partial charge is 0.456 e. The van der Waals surface area contributed by atoms with Crippen molar-refractivity contribution in [2.45, 2.75) is 12.5 Å². The smallest absolute Gasteiger partial charge is 0.329 e. The quantitative estimate of drug-likeness (QED) is 0.544. The Morgan fingerprint density at radius 1 is 0.885 bits per heavy atom. The van der Waals surface area contributed by atoms with E-state index in [4.69, 9.17) is 10.5 Å². The maximum absolute atomic E-state index is 12.2. The first-order chi connectivity index (χ1) is 12.5. The average molecular weight is 354 g/mol. The van der Waals surface area contributed by atoms with E-state index in [1.165, 1.54) is 0 Å². The zero-order valence-electron chi connectivity index (χ0n) is 13.9. The van der Waals surface area contributed by atoms with E-state index in [1.54, 1.807) is 60.7 Å². The van der Waals surface area contributed by atoms with Gasteiger partial charge in [-0.2, -0.15) is 0 Å². The van der Waals surface area contributed by atoms with Crippen LogP contribution in [0.25, 0.3) is 0 Å². The molecule has 0 aliphatic carbocycles. The summed E-state index contributed by atoms with van der Waals surface area (Å²) in [6, 6.07) is 15.2. The minimum absolute atomic E-state index is 0.315. The molecule has 0 radical (unpaired) electrons. The molecule has 2 aromatic rings. The summed E-state index contributed by atoms with van der Waals surface area (Å²) in [6.45, 7) is -0.501. The van der Waals surface area contributed by atoms with Gasteiger partial charge in [0.25, 0.3) is 5.91 Å². The van der Waals surface area contributed by atoms with Gasteiger partial charge < -0.3 is 15.8 Å². The summed E-state index contributed by atoms with van der Waals surface area (Å²) >= 11 is 0. The summed E-state index contributed by atoms with van der Waals surface area (Å²) in [5, 5.41) is 2.40. The van der Waals surface area contributed by atoms with E-state index in [0.717, 1.165) is 0 Å². The number of nitrogens with two attached hydrogens (primary N) is 1. The van der Waals surface area contributed by atoms with E-state index in [2.05, 4.69) is 5.32 Å². The van der Waals surface area contributed by atoms with Crippen LogP contribution in [-0.4, -0.2) is 36.2 Å². The van der Waals surface area contributed by atoms with Crippen LogP contribution in [0.15, 0.2) is 60.7 Å². The van der Waals surface area contributed by atoms with Gasteiger partial charge in [-0.1, -0.05) is 48.5 Å². The minimum atomic E-state index is -1.27. The summed E-state index contributed by atoms with van der Waals surface area (Å²) < 4.78 is 4.95. The van der Waals surface area contributed by atoms with Crippen LogP contribution < -0.4 is 11.1 Å². The number of carbonyl (C=O) groups is 4. The molecule has 0 heterocycles. The highest BCUT2D eigenvalue weighted by molar-refractivity contribution is 6.00. The number of hydrogen-bond acceptors (Lipinski definition) is 5. The summed E-state index contributed by atoms with van der Waals surface area (Å²) in [4.78, 5) is 47.5. The predicted octanol–water partition coefficient (Wildman–Crippen LogP) is 1.09. The topological polar surface area (TPSA) is 116 Å². The first-order valence-electron chi connectivity index (χ1n) is 7.86. The van der Waals surface area contributed by atoms with Crippen molar-refractivity contribution in [1.29, 1.82) is 0 Å². The maximum Gasteiger partial charge on any atom is 0.329 e. The number of ether oxygens (including phenoxy) is 1. The fourth-order valence-corrected chi connectivity index (χ4v) is 2.17. The normalized spacial score (nSPS) is 11.2. The molecule has 0 aromatic heterocycles. The number of Topliss-reactive ketones (excluding diaryl/α,β-unsaturated/α-hetero) is 1. The van der Waals surface area contributed by atoms with E-state index in [1.807, 2.05) is 0 Å². The molecule has 7 heteroatoms. The van der Waals surface area contributed by atoms with Gasteiger partial charge in [-0.05, 0) is 12.1 Å². The number of rotatable bonds is 8. The first-order valence-corrected chi connectivity index (χ1v) is 7.86. The molecular weight excluding hydrogens is 336 g/mol. The van der Waals surface area contributed by atoms with Gasteiger partial charge in [0.1, 0.15) is 6.04 Å². The van der Waals surface area contributed by atoms with Crippen LogP contribution >= 0.6 is 0 Å². The number of ketones is 1. The van der Waals surface area contributed by atoms with Crippen LogP contribution in [0.5, 0.6) is 0 Å². The summed E-state index contributed by atoms with van der Waals surface area (Å²) in [7, 11) is 0. The number of esters is 1. The van der Waals surface area contributed by atoms with Crippen molar-refractivity contribution in [3.63, 3.8) is 0 Å². The van der Waals surface area contributed by atoms with Crippen molar-refractivity contribution in [2.75, 3.05) is 6.61 Å². The fraction of sp³-hybridized carbons (Fsp3) is 0.158. The third-order valence-corrected chi connectivity index (χ3v) is 3.47. The van der Waals surface area contributed by atoms with Gasteiger partial charge in [-0.25, -0.2) is 4.79 Å². The van der Waals surface area contributed by atoms with Gasteiger partial charge in [0.05, 0.1) is 6.42 Å². The first kappa shape index (κ1) is 18.9. The van der Waals surface area contributed by atoms with Gasteiger partial charge >= 0.3 is 5.97 Å². The van der Waals surface area contributed by atoms with Crippen LogP contribution in [0, 0.1) is 0 Å². The van der Waals surface area contributed by atoms with Crippen LogP contribution in [0.3, 0.4) is 0 Å². The van der Waals surface area contributed by atoms with Crippen molar-refractivity contribution < 1.29 is 23.9 Å². The molecule has 1 atom stereocenters. The molecule has 2 rings (SSSR count). The molecule has 134 valence electrons. The zero-order valence-corrected chi connectivity index (χ0v) is 13.9. The van der Waals surface area contributed by atoms with Crippen LogP contribution in [0.2, 0.25) is 0 Å². The van der Waals surface area contributed by atoms with E-state index in [0.29, 0.717) is 11.1 Å². The van der Waals surface area contributed by atoms with Gasteiger partial charge in [0.15, 0.2) is 12.4 Å². The number of benzene rings is 2. The summed E-state index contributed by atoms with van der Waals surface area (Å²) in [6.07, 6.45) is -0.434. The van der Waals surface area contributed by atoms with Crippen molar-refractivity contribution in [1.82, 2.24) is 5.32 Å². The maximum atomic E-state index is 12.2. The van der Waals surface area contributed by atoms with Crippen molar-refractivity contribution >= 4 is 23.6 Å². The lowest BCUT2D eigenvalue weighted by atomic mass is 10.1. The molecule has 1 unspecified atom stereocenters. The molecule has 0 spiro atoms. The number of nitrogens with one attached hydrogen (secondary N) is 1. The Bertz CT molecular complexity index is 790. The van der Waals surface area contributed by atoms with Crippen LogP contribution in [0.4, 0.5) is 0 Å². The number of amides is 2. The highest BCUT2D eigenvalue weighted by atomic mass is 16.5. The Balaban J connectivity index is 1.99. The monoisotopic (exact) mass is 354 g/mol. The highest BCUT2D eigenvalue weighted by Crippen LogP contribution is 2.04. The average Bonchev–Trinajstić information content (AvgIpc) is 2.66. The SMILES string of the molecule is NC(=O)CC(NC(=O)c1ccccc1)C(=O)OCC(=O)c1ccccc1. The molecular formula is C19H18N2O5. The molecule has 0 aliphatic heterocycles. The molecule has 2 aromatic carbocycles. The molecule has 3 N–H and O–H groups in total. The Hall–Kier alpha value is -3.48. The second kappa shape index (κ2) is 9.12. The van der Waals surface area contributed by atoms with E-state index >= 15 is 0 Å². The van der Waals surface area contributed by atoms with Crippen LogP contribution in [-0.2, 0) is 14.3 Å². The van der Waals surface area contributed by atoms with E-state index in [9.17, 15) is 19.2 Å². The summed E-state index contributed by atoms with van der Waals surface area (Å²) in [5.41, 5.74) is 5.83. The lowest BCUT2D eigenvalue weighted by molar-refractivity contribution is -0.146. The molecule has 0 aliphatic rings. The molecule has 0 bridgehead atoms. The highest BCUT2D eigenvalue weighted by Gasteiger charge is 2.25. The Labute approximate surface area is 150 Å². The van der Waals surface area contributed by atoms with Crippen molar-refractivity contribution in [2.24, 2.45) is 5.73 Å².